The molecule has 0 saturated carbocycles. The molecule has 0 unspecified atom stereocenters. The number of aliphatic imine (C=N–C) groups is 1. The highest BCUT2D eigenvalue weighted by Gasteiger charge is 2.36. The van der Waals surface area contributed by atoms with Crippen LogP contribution < -0.4 is 0 Å². The third kappa shape index (κ3) is 3.44. The van der Waals surface area contributed by atoms with Gasteiger partial charge in [-0.2, -0.15) is 0 Å². The van der Waals surface area contributed by atoms with Gasteiger partial charge in [0, 0.05) is 6.21 Å². The maximum atomic E-state index is 11.9. The maximum absolute atomic E-state index is 11.9. The molecule has 3 nitrogen and oxygen atoms in total. The van der Waals surface area contributed by atoms with Gasteiger partial charge in [0.15, 0.2) is 0 Å². The van der Waals surface area contributed by atoms with E-state index in [1.54, 1.807) is 6.07 Å². The van der Waals surface area contributed by atoms with Gasteiger partial charge in [-0.15, -0.1) is 0 Å². The second-order valence-electron chi connectivity index (χ2n) is 8.34. The lowest BCUT2D eigenvalue weighted by Crippen LogP contribution is -2.33. The summed E-state index contributed by atoms with van der Waals surface area (Å²) in [4.78, 5) is 16.5. The van der Waals surface area contributed by atoms with Gasteiger partial charge in [0.1, 0.15) is 0 Å². The Morgan fingerprint density at radius 1 is 1.00 bits per heavy atom. The molecule has 0 aliphatic heterocycles. The van der Waals surface area contributed by atoms with Gasteiger partial charge in [-0.3, -0.25) is 4.99 Å². The van der Waals surface area contributed by atoms with E-state index in [0.717, 1.165) is 5.56 Å². The molecule has 3 rings (SSSR count). The fourth-order valence-electron chi connectivity index (χ4n) is 3.70. The molecule has 2 aromatic rings. The Kier molecular flexibility index (Phi) is 4.74. The van der Waals surface area contributed by atoms with Crippen LogP contribution >= 0.6 is 0 Å². The smallest absolute Gasteiger partial charge is 0.340 e. The monoisotopic (exact) mass is 349 g/mol. The van der Waals surface area contributed by atoms with E-state index in [1.807, 2.05) is 24.4 Å². The number of ether oxygens (including phenoxy) is 1. The van der Waals surface area contributed by atoms with Crippen molar-refractivity contribution in [3.05, 3.63) is 64.7 Å². The SMILES string of the molecule is COC(=O)c1ccccc1N=Cc1ccc2c(c1)C(C)(C)CCC2(C)C. The lowest BCUT2D eigenvalue weighted by atomic mass is 9.63. The number of rotatable bonds is 3. The van der Waals surface area contributed by atoms with Gasteiger partial charge < -0.3 is 4.74 Å². The molecule has 1 aliphatic carbocycles. The lowest BCUT2D eigenvalue weighted by molar-refractivity contribution is 0.0601. The Hall–Kier alpha value is -2.42. The zero-order valence-corrected chi connectivity index (χ0v) is 16.3. The standard InChI is InChI=1S/C23H27NO2/c1-22(2)12-13-23(3,4)19-14-16(10-11-18(19)22)15-24-20-9-7-6-8-17(20)21(25)26-5/h6-11,14-15H,12-13H2,1-5H3. The van der Waals surface area contributed by atoms with Gasteiger partial charge in [0.2, 0.25) is 0 Å². The third-order valence-corrected chi connectivity index (χ3v) is 5.54. The second-order valence-corrected chi connectivity index (χ2v) is 8.34. The van der Waals surface area contributed by atoms with E-state index >= 15 is 0 Å². The van der Waals surface area contributed by atoms with E-state index in [-0.39, 0.29) is 16.8 Å². The van der Waals surface area contributed by atoms with Crippen molar-refractivity contribution in [2.24, 2.45) is 4.99 Å². The Labute approximate surface area is 156 Å². The summed E-state index contributed by atoms with van der Waals surface area (Å²) in [7, 11) is 1.39. The zero-order valence-electron chi connectivity index (χ0n) is 16.3. The summed E-state index contributed by atoms with van der Waals surface area (Å²) in [5.74, 6) is -0.369. The predicted molar refractivity (Wildman–Crippen MR) is 107 cm³/mol. The lowest BCUT2D eigenvalue weighted by Gasteiger charge is -2.42. The van der Waals surface area contributed by atoms with E-state index in [0.29, 0.717) is 11.3 Å². The Morgan fingerprint density at radius 2 is 1.65 bits per heavy atom. The van der Waals surface area contributed by atoms with Crippen LogP contribution in [-0.2, 0) is 15.6 Å². The van der Waals surface area contributed by atoms with Crippen LogP contribution in [0.4, 0.5) is 5.69 Å². The first-order valence-electron chi connectivity index (χ1n) is 9.11. The number of nitrogens with zero attached hydrogens (tertiary/aromatic N) is 1. The van der Waals surface area contributed by atoms with Gasteiger partial charge in [0.25, 0.3) is 0 Å². The highest BCUT2D eigenvalue weighted by Crippen LogP contribution is 2.45. The van der Waals surface area contributed by atoms with Crippen LogP contribution in [0.3, 0.4) is 0 Å². The first kappa shape index (κ1) is 18.4. The number of fused-ring (bicyclic) bond motifs is 1. The van der Waals surface area contributed by atoms with Gasteiger partial charge in [-0.05, 0) is 58.6 Å². The molecule has 2 aromatic carbocycles. The Bertz CT molecular complexity index is 862. The molecule has 0 saturated heterocycles. The van der Waals surface area contributed by atoms with Crippen LogP contribution in [-0.4, -0.2) is 19.3 Å². The van der Waals surface area contributed by atoms with Crippen LogP contribution in [0, 0.1) is 0 Å². The molecule has 0 spiro atoms. The van der Waals surface area contributed by atoms with Crippen molar-refractivity contribution < 1.29 is 9.53 Å². The zero-order chi connectivity index (χ0) is 18.9. The number of carbonyl (C=O) groups excluding carboxylic acids is 1. The molecular weight excluding hydrogens is 322 g/mol. The van der Waals surface area contributed by atoms with E-state index in [4.69, 9.17) is 4.74 Å². The van der Waals surface area contributed by atoms with Crippen molar-refractivity contribution in [1.82, 2.24) is 0 Å². The summed E-state index contributed by atoms with van der Waals surface area (Å²) in [6.07, 6.45) is 4.21. The van der Waals surface area contributed by atoms with Crippen LogP contribution in [0.15, 0.2) is 47.5 Å². The number of hydrogen-bond donors (Lipinski definition) is 0. The Balaban J connectivity index is 1.98. The second kappa shape index (κ2) is 6.71. The number of carbonyl (C=O) groups is 1. The third-order valence-electron chi connectivity index (χ3n) is 5.54. The molecule has 0 aromatic heterocycles. The largest absolute Gasteiger partial charge is 0.465 e. The van der Waals surface area contributed by atoms with Crippen molar-refractivity contribution in [1.29, 1.82) is 0 Å². The average molecular weight is 349 g/mol. The number of para-hydroxylation sites is 1. The van der Waals surface area contributed by atoms with Crippen LogP contribution in [0.2, 0.25) is 0 Å². The molecule has 1 aliphatic rings. The van der Waals surface area contributed by atoms with Crippen LogP contribution in [0.1, 0.15) is 67.6 Å². The van der Waals surface area contributed by atoms with Gasteiger partial charge in [-0.1, -0.05) is 52.0 Å². The molecule has 0 bridgehead atoms. The van der Waals surface area contributed by atoms with E-state index in [9.17, 15) is 4.79 Å². The molecule has 0 amide bonds. The molecule has 0 heterocycles. The molecule has 136 valence electrons. The first-order chi connectivity index (χ1) is 12.2. The fraction of sp³-hybridized carbons (Fsp3) is 0.391. The minimum atomic E-state index is -0.369. The summed E-state index contributed by atoms with van der Waals surface area (Å²) < 4.78 is 4.84. The highest BCUT2D eigenvalue weighted by molar-refractivity contribution is 5.96. The van der Waals surface area contributed by atoms with Gasteiger partial charge >= 0.3 is 5.97 Å². The molecule has 0 atom stereocenters. The van der Waals surface area contributed by atoms with Gasteiger partial charge in [-0.25, -0.2) is 4.79 Å². The summed E-state index contributed by atoms with van der Waals surface area (Å²) in [6, 6.07) is 13.9. The predicted octanol–water partition coefficient (Wildman–Crippen LogP) is 5.57. The number of hydrogen-bond acceptors (Lipinski definition) is 3. The Morgan fingerprint density at radius 3 is 2.35 bits per heavy atom. The first-order valence-corrected chi connectivity index (χ1v) is 9.11. The van der Waals surface area contributed by atoms with Crippen LogP contribution in [0.25, 0.3) is 0 Å². The van der Waals surface area contributed by atoms with E-state index in [2.05, 4.69) is 50.9 Å². The fourth-order valence-corrected chi connectivity index (χ4v) is 3.70. The summed E-state index contributed by atoms with van der Waals surface area (Å²) in [6.45, 7) is 9.27. The molecular formula is C23H27NO2. The molecule has 3 heteroatoms. The summed E-state index contributed by atoms with van der Waals surface area (Å²) in [5.41, 5.74) is 5.35. The summed E-state index contributed by atoms with van der Waals surface area (Å²) >= 11 is 0. The van der Waals surface area contributed by atoms with Crippen molar-refractivity contribution in [3.63, 3.8) is 0 Å². The van der Waals surface area contributed by atoms with E-state index < -0.39 is 0 Å². The molecule has 26 heavy (non-hydrogen) atoms. The molecule has 0 N–H and O–H groups in total. The highest BCUT2D eigenvalue weighted by atomic mass is 16.5. The van der Waals surface area contributed by atoms with Crippen molar-refractivity contribution in [3.8, 4) is 0 Å². The molecule has 0 radical (unpaired) electrons. The number of benzene rings is 2. The normalized spacial score (nSPS) is 17.7. The quantitative estimate of drug-likeness (QED) is 0.536. The minimum absolute atomic E-state index is 0.165. The van der Waals surface area contributed by atoms with Crippen molar-refractivity contribution >= 4 is 17.9 Å². The number of methoxy groups -OCH3 is 1. The number of esters is 1. The molecule has 0 fully saturated rings. The van der Waals surface area contributed by atoms with Gasteiger partial charge in [0.05, 0.1) is 18.4 Å². The topological polar surface area (TPSA) is 38.7 Å². The summed E-state index contributed by atoms with van der Waals surface area (Å²) in [5, 5.41) is 0. The van der Waals surface area contributed by atoms with Crippen molar-refractivity contribution in [2.45, 2.75) is 51.4 Å². The maximum Gasteiger partial charge on any atom is 0.340 e. The average Bonchev–Trinajstić information content (AvgIpc) is 2.63. The van der Waals surface area contributed by atoms with Crippen LogP contribution in [0.5, 0.6) is 0 Å². The minimum Gasteiger partial charge on any atom is -0.465 e. The van der Waals surface area contributed by atoms with Crippen molar-refractivity contribution in [2.75, 3.05) is 7.11 Å². The van der Waals surface area contributed by atoms with E-state index in [1.165, 1.54) is 31.1 Å².